The Morgan fingerprint density at radius 2 is 1.95 bits per heavy atom. The molecular formula is C14H21NO4. The van der Waals surface area contributed by atoms with E-state index in [0.29, 0.717) is 19.6 Å². The van der Waals surface area contributed by atoms with E-state index in [4.69, 9.17) is 14.9 Å². The molecule has 0 bridgehead atoms. The average Bonchev–Trinajstić information content (AvgIpc) is 2.37. The maximum atomic E-state index is 10.6. The first kappa shape index (κ1) is 15.6. The van der Waals surface area contributed by atoms with Crippen molar-refractivity contribution in [2.75, 3.05) is 20.3 Å². The number of aliphatic hydroxyl groups excluding tert-OH is 1. The molecule has 0 radical (unpaired) electrons. The van der Waals surface area contributed by atoms with Crippen molar-refractivity contribution >= 4 is 5.97 Å². The van der Waals surface area contributed by atoms with Gasteiger partial charge in [-0.15, -0.1) is 0 Å². The van der Waals surface area contributed by atoms with E-state index in [1.807, 2.05) is 24.3 Å². The van der Waals surface area contributed by atoms with Crippen LogP contribution in [0.2, 0.25) is 0 Å². The number of benzene rings is 1. The van der Waals surface area contributed by atoms with Gasteiger partial charge in [-0.1, -0.05) is 24.3 Å². The number of carboxylic acids is 1. The van der Waals surface area contributed by atoms with Gasteiger partial charge in [0.1, 0.15) is 0 Å². The Hall–Kier alpha value is -1.43. The van der Waals surface area contributed by atoms with Gasteiger partial charge in [-0.05, 0) is 17.5 Å². The number of nitrogens with one attached hydrogen (secondary N) is 1. The van der Waals surface area contributed by atoms with E-state index in [-0.39, 0.29) is 19.1 Å². The van der Waals surface area contributed by atoms with Crippen LogP contribution in [0.5, 0.6) is 0 Å². The van der Waals surface area contributed by atoms with Crippen LogP contribution < -0.4 is 5.32 Å². The summed E-state index contributed by atoms with van der Waals surface area (Å²) in [6, 6.07) is 7.58. The van der Waals surface area contributed by atoms with Crippen molar-refractivity contribution in [2.45, 2.75) is 25.4 Å². The monoisotopic (exact) mass is 267 g/mol. The van der Waals surface area contributed by atoms with Gasteiger partial charge >= 0.3 is 5.97 Å². The zero-order chi connectivity index (χ0) is 14.1. The molecule has 0 aliphatic heterocycles. The van der Waals surface area contributed by atoms with Crippen LogP contribution in [-0.4, -0.2) is 42.5 Å². The van der Waals surface area contributed by atoms with Crippen molar-refractivity contribution < 1.29 is 19.7 Å². The Labute approximate surface area is 113 Å². The van der Waals surface area contributed by atoms with Crippen LogP contribution in [-0.2, 0) is 22.5 Å². The standard InChI is InChI=1S/C14H21NO4/c1-19-10-13(6-7-16)15-9-12-4-2-11(3-5-12)8-14(17)18/h2-5,13,15-16H,6-10H2,1H3,(H,17,18). The van der Waals surface area contributed by atoms with Gasteiger partial charge in [0.25, 0.3) is 0 Å². The number of aliphatic hydroxyl groups is 1. The molecule has 0 aromatic heterocycles. The fraction of sp³-hybridized carbons (Fsp3) is 0.500. The highest BCUT2D eigenvalue weighted by Gasteiger charge is 2.07. The minimum absolute atomic E-state index is 0.0462. The summed E-state index contributed by atoms with van der Waals surface area (Å²) in [6.45, 7) is 1.34. The largest absolute Gasteiger partial charge is 0.481 e. The number of carboxylic acid groups (broad SMARTS) is 1. The van der Waals surface area contributed by atoms with Gasteiger partial charge in [0.15, 0.2) is 0 Å². The molecule has 5 nitrogen and oxygen atoms in total. The predicted octanol–water partition coefficient (Wildman–Crippen LogP) is 0.801. The molecule has 0 heterocycles. The van der Waals surface area contributed by atoms with Crippen molar-refractivity contribution in [2.24, 2.45) is 0 Å². The van der Waals surface area contributed by atoms with E-state index in [2.05, 4.69) is 5.32 Å². The van der Waals surface area contributed by atoms with Gasteiger partial charge in [-0.25, -0.2) is 0 Å². The van der Waals surface area contributed by atoms with Gasteiger partial charge in [0.05, 0.1) is 13.0 Å². The normalized spacial score (nSPS) is 12.3. The summed E-state index contributed by atoms with van der Waals surface area (Å²) in [4.78, 5) is 10.6. The number of ether oxygens (including phenoxy) is 1. The Morgan fingerprint density at radius 1 is 1.32 bits per heavy atom. The molecule has 3 N–H and O–H groups in total. The third-order valence-corrected chi connectivity index (χ3v) is 2.82. The molecule has 0 aliphatic rings. The zero-order valence-electron chi connectivity index (χ0n) is 11.1. The van der Waals surface area contributed by atoms with Crippen LogP contribution in [0, 0.1) is 0 Å². The fourth-order valence-corrected chi connectivity index (χ4v) is 1.81. The van der Waals surface area contributed by atoms with Crippen LogP contribution in [0.15, 0.2) is 24.3 Å². The molecule has 1 aromatic rings. The quantitative estimate of drug-likeness (QED) is 0.617. The Kier molecular flexibility index (Phi) is 7.10. The summed E-state index contributed by atoms with van der Waals surface area (Å²) in [5.41, 5.74) is 1.87. The number of hydrogen-bond donors (Lipinski definition) is 3. The lowest BCUT2D eigenvalue weighted by Gasteiger charge is -2.16. The second-order valence-corrected chi connectivity index (χ2v) is 4.43. The first-order valence-electron chi connectivity index (χ1n) is 6.28. The Morgan fingerprint density at radius 3 is 2.47 bits per heavy atom. The first-order valence-corrected chi connectivity index (χ1v) is 6.28. The minimum Gasteiger partial charge on any atom is -0.481 e. The first-order chi connectivity index (χ1) is 9.15. The molecule has 0 spiro atoms. The highest BCUT2D eigenvalue weighted by Crippen LogP contribution is 2.06. The fourth-order valence-electron chi connectivity index (χ4n) is 1.81. The SMILES string of the molecule is COCC(CCO)NCc1ccc(CC(=O)O)cc1. The van der Waals surface area contributed by atoms with Gasteiger partial charge in [-0.2, -0.15) is 0 Å². The van der Waals surface area contributed by atoms with E-state index in [0.717, 1.165) is 11.1 Å². The molecule has 0 fully saturated rings. The summed E-state index contributed by atoms with van der Waals surface area (Å²) in [5.74, 6) is -0.825. The minimum atomic E-state index is -0.825. The molecular weight excluding hydrogens is 246 g/mol. The van der Waals surface area contributed by atoms with Crippen LogP contribution in [0.1, 0.15) is 17.5 Å². The molecule has 1 atom stereocenters. The number of methoxy groups -OCH3 is 1. The number of hydrogen-bond acceptors (Lipinski definition) is 4. The van der Waals surface area contributed by atoms with Gasteiger partial charge in [0, 0.05) is 26.3 Å². The lowest BCUT2D eigenvalue weighted by Crippen LogP contribution is -2.33. The van der Waals surface area contributed by atoms with E-state index in [1.54, 1.807) is 7.11 Å². The number of carbonyl (C=O) groups is 1. The van der Waals surface area contributed by atoms with Crippen LogP contribution in [0.3, 0.4) is 0 Å². The van der Waals surface area contributed by atoms with Crippen LogP contribution in [0.25, 0.3) is 0 Å². The molecule has 0 aliphatic carbocycles. The second kappa shape index (κ2) is 8.63. The van der Waals surface area contributed by atoms with Crippen molar-refractivity contribution in [3.05, 3.63) is 35.4 Å². The summed E-state index contributed by atoms with van der Waals surface area (Å²) in [6.07, 6.45) is 0.690. The van der Waals surface area contributed by atoms with Crippen molar-refractivity contribution in [3.63, 3.8) is 0 Å². The topological polar surface area (TPSA) is 78.8 Å². The lowest BCUT2D eigenvalue weighted by molar-refractivity contribution is -0.136. The predicted molar refractivity (Wildman–Crippen MR) is 72.0 cm³/mol. The zero-order valence-corrected chi connectivity index (χ0v) is 11.1. The Bertz CT molecular complexity index is 372. The highest BCUT2D eigenvalue weighted by atomic mass is 16.5. The molecule has 0 saturated heterocycles. The molecule has 1 unspecified atom stereocenters. The molecule has 5 heteroatoms. The highest BCUT2D eigenvalue weighted by molar-refractivity contribution is 5.70. The van der Waals surface area contributed by atoms with Crippen molar-refractivity contribution in [1.29, 1.82) is 0 Å². The van der Waals surface area contributed by atoms with Crippen LogP contribution >= 0.6 is 0 Å². The second-order valence-electron chi connectivity index (χ2n) is 4.43. The van der Waals surface area contributed by atoms with Crippen molar-refractivity contribution in [3.8, 4) is 0 Å². The van der Waals surface area contributed by atoms with E-state index in [1.165, 1.54) is 0 Å². The maximum absolute atomic E-state index is 10.6. The molecule has 106 valence electrons. The van der Waals surface area contributed by atoms with Crippen LogP contribution in [0.4, 0.5) is 0 Å². The third kappa shape index (κ3) is 6.33. The van der Waals surface area contributed by atoms with Crippen molar-refractivity contribution in [1.82, 2.24) is 5.32 Å². The maximum Gasteiger partial charge on any atom is 0.307 e. The van der Waals surface area contributed by atoms with Gasteiger partial charge in [-0.3, -0.25) is 4.79 Å². The summed E-state index contributed by atoms with van der Waals surface area (Å²) >= 11 is 0. The molecule has 19 heavy (non-hydrogen) atoms. The molecule has 0 saturated carbocycles. The van der Waals surface area contributed by atoms with E-state index < -0.39 is 5.97 Å². The molecule has 1 aromatic carbocycles. The number of aliphatic carboxylic acids is 1. The van der Waals surface area contributed by atoms with E-state index in [9.17, 15) is 4.79 Å². The molecule has 0 amide bonds. The van der Waals surface area contributed by atoms with E-state index >= 15 is 0 Å². The lowest BCUT2D eigenvalue weighted by atomic mass is 10.1. The summed E-state index contributed by atoms with van der Waals surface area (Å²) in [7, 11) is 1.63. The van der Waals surface area contributed by atoms with Gasteiger partial charge < -0.3 is 20.3 Å². The third-order valence-electron chi connectivity index (χ3n) is 2.82. The summed E-state index contributed by atoms with van der Waals surface area (Å²) in [5, 5.41) is 20.9. The molecule has 1 rings (SSSR count). The Balaban J connectivity index is 2.45. The summed E-state index contributed by atoms with van der Waals surface area (Å²) < 4.78 is 5.07. The van der Waals surface area contributed by atoms with Gasteiger partial charge in [0.2, 0.25) is 0 Å². The average molecular weight is 267 g/mol. The smallest absolute Gasteiger partial charge is 0.307 e. The number of rotatable bonds is 9.